The molecular formula is C17H19FN6S. The number of halogens is 1. The van der Waals surface area contributed by atoms with E-state index in [9.17, 15) is 4.39 Å². The van der Waals surface area contributed by atoms with Crippen LogP contribution in [0.1, 0.15) is 23.4 Å². The van der Waals surface area contributed by atoms with Gasteiger partial charge in [-0.1, -0.05) is 0 Å². The molecule has 25 heavy (non-hydrogen) atoms. The molecule has 1 saturated carbocycles. The highest BCUT2D eigenvalue weighted by Gasteiger charge is 2.43. The fourth-order valence-corrected chi connectivity index (χ4v) is 3.42. The highest BCUT2D eigenvalue weighted by atomic mass is 32.1. The molecule has 0 saturated heterocycles. The molecule has 0 aromatic carbocycles. The van der Waals surface area contributed by atoms with Gasteiger partial charge in [0.15, 0.2) is 0 Å². The predicted molar refractivity (Wildman–Crippen MR) is 95.8 cm³/mol. The lowest BCUT2D eigenvalue weighted by molar-refractivity contribution is 0.294. The van der Waals surface area contributed by atoms with E-state index in [0.717, 1.165) is 39.7 Å². The van der Waals surface area contributed by atoms with E-state index in [-0.39, 0.29) is 12.1 Å². The smallest absolute Gasteiger partial charge is 0.228 e. The van der Waals surface area contributed by atoms with Crippen molar-refractivity contribution in [2.45, 2.75) is 33.2 Å². The first-order valence-corrected chi connectivity index (χ1v) is 9.00. The van der Waals surface area contributed by atoms with E-state index in [1.165, 1.54) is 0 Å². The molecule has 0 atom stereocenters. The van der Waals surface area contributed by atoms with Crippen LogP contribution in [-0.2, 0) is 6.54 Å². The van der Waals surface area contributed by atoms with E-state index >= 15 is 0 Å². The average Bonchev–Trinajstić information content (AvgIpc) is 3.01. The maximum absolute atomic E-state index is 13.1. The van der Waals surface area contributed by atoms with E-state index < -0.39 is 0 Å². The molecule has 0 bridgehead atoms. The molecule has 3 aromatic rings. The SMILES string of the molecule is Cc1ncc(Nc2ncc(C)c(-c3cnn(CC4(CF)CC4)c3)n2)s1. The Hall–Kier alpha value is -2.35. The summed E-state index contributed by atoms with van der Waals surface area (Å²) in [7, 11) is 0. The summed E-state index contributed by atoms with van der Waals surface area (Å²) in [5.41, 5.74) is 2.52. The van der Waals surface area contributed by atoms with Crippen molar-refractivity contribution < 1.29 is 4.39 Å². The summed E-state index contributed by atoms with van der Waals surface area (Å²) < 4.78 is 14.9. The van der Waals surface area contributed by atoms with Crippen LogP contribution >= 0.6 is 11.3 Å². The van der Waals surface area contributed by atoms with E-state index in [1.807, 2.05) is 24.7 Å². The van der Waals surface area contributed by atoms with Crippen molar-refractivity contribution in [1.29, 1.82) is 0 Å². The van der Waals surface area contributed by atoms with Crippen LogP contribution in [0.25, 0.3) is 11.3 Å². The Balaban J connectivity index is 1.57. The van der Waals surface area contributed by atoms with Crippen LogP contribution in [-0.4, -0.2) is 31.4 Å². The molecule has 0 aliphatic heterocycles. The second-order valence-corrected chi connectivity index (χ2v) is 7.89. The van der Waals surface area contributed by atoms with E-state index in [1.54, 1.807) is 29.9 Å². The fraction of sp³-hybridized carbons (Fsp3) is 0.412. The first-order valence-electron chi connectivity index (χ1n) is 8.19. The van der Waals surface area contributed by atoms with Crippen molar-refractivity contribution in [3.05, 3.63) is 35.4 Å². The summed E-state index contributed by atoms with van der Waals surface area (Å²) in [5, 5.41) is 9.46. The van der Waals surface area contributed by atoms with Gasteiger partial charge >= 0.3 is 0 Å². The Morgan fingerprint density at radius 3 is 2.76 bits per heavy atom. The first-order chi connectivity index (χ1) is 12.1. The second kappa shape index (κ2) is 6.18. The van der Waals surface area contributed by atoms with Crippen molar-refractivity contribution >= 4 is 22.3 Å². The molecule has 3 aromatic heterocycles. The normalized spacial score (nSPS) is 15.3. The minimum Gasteiger partial charge on any atom is -0.314 e. The quantitative estimate of drug-likeness (QED) is 0.724. The zero-order chi connectivity index (χ0) is 17.4. The number of aromatic nitrogens is 5. The van der Waals surface area contributed by atoms with Crippen molar-refractivity contribution in [3.63, 3.8) is 0 Å². The molecular weight excluding hydrogens is 339 g/mol. The van der Waals surface area contributed by atoms with Crippen LogP contribution in [0.15, 0.2) is 24.8 Å². The van der Waals surface area contributed by atoms with Crippen LogP contribution in [0.2, 0.25) is 0 Å². The van der Waals surface area contributed by atoms with Gasteiger partial charge in [-0.25, -0.2) is 15.0 Å². The van der Waals surface area contributed by atoms with E-state index in [0.29, 0.717) is 12.5 Å². The monoisotopic (exact) mass is 358 g/mol. The maximum Gasteiger partial charge on any atom is 0.228 e. The number of nitrogens with zero attached hydrogens (tertiary/aromatic N) is 5. The first kappa shape index (κ1) is 16.1. The molecule has 1 N–H and O–H groups in total. The number of hydrogen-bond donors (Lipinski definition) is 1. The number of aryl methyl sites for hydroxylation is 2. The van der Waals surface area contributed by atoms with Crippen LogP contribution in [0.3, 0.4) is 0 Å². The van der Waals surface area contributed by atoms with Gasteiger partial charge in [-0.05, 0) is 32.3 Å². The van der Waals surface area contributed by atoms with Crippen molar-refractivity contribution in [3.8, 4) is 11.3 Å². The largest absolute Gasteiger partial charge is 0.314 e. The number of hydrogen-bond acceptors (Lipinski definition) is 6. The number of rotatable bonds is 6. The van der Waals surface area contributed by atoms with Gasteiger partial charge < -0.3 is 5.32 Å². The lowest BCUT2D eigenvalue weighted by Gasteiger charge is -2.09. The summed E-state index contributed by atoms with van der Waals surface area (Å²) in [6.07, 6.45) is 9.16. The van der Waals surface area contributed by atoms with Gasteiger partial charge in [0.25, 0.3) is 0 Å². The van der Waals surface area contributed by atoms with Gasteiger partial charge in [-0.2, -0.15) is 5.10 Å². The molecule has 4 rings (SSSR count). The van der Waals surface area contributed by atoms with Crippen molar-refractivity contribution in [2.75, 3.05) is 12.0 Å². The Labute approximate surface area is 149 Å². The minimum atomic E-state index is -0.281. The number of nitrogens with one attached hydrogen (secondary N) is 1. The Morgan fingerprint density at radius 1 is 1.24 bits per heavy atom. The molecule has 8 heteroatoms. The fourth-order valence-electron chi connectivity index (χ4n) is 2.75. The Kier molecular flexibility index (Phi) is 3.99. The summed E-state index contributed by atoms with van der Waals surface area (Å²) in [6, 6.07) is 0. The Bertz CT molecular complexity index is 898. The molecule has 0 spiro atoms. The lowest BCUT2D eigenvalue weighted by atomic mass is 10.1. The molecule has 6 nitrogen and oxygen atoms in total. The molecule has 1 aliphatic carbocycles. The zero-order valence-electron chi connectivity index (χ0n) is 14.2. The summed E-state index contributed by atoms with van der Waals surface area (Å²) >= 11 is 1.55. The van der Waals surface area contributed by atoms with Gasteiger partial charge in [0.05, 0.1) is 29.8 Å². The standard InChI is InChI=1S/C17H19FN6S/c1-11-5-20-16(22-14-7-19-12(2)25-14)23-15(11)13-6-21-24(8-13)10-17(9-18)3-4-17/h5-8H,3-4,9-10H2,1-2H3,(H,20,22,23). The lowest BCUT2D eigenvalue weighted by Crippen LogP contribution is -2.13. The molecule has 3 heterocycles. The van der Waals surface area contributed by atoms with Crippen LogP contribution < -0.4 is 5.32 Å². The van der Waals surface area contributed by atoms with Gasteiger partial charge in [-0.3, -0.25) is 9.07 Å². The third-order valence-corrected chi connectivity index (χ3v) is 5.30. The van der Waals surface area contributed by atoms with Crippen LogP contribution in [0.5, 0.6) is 0 Å². The van der Waals surface area contributed by atoms with Crippen LogP contribution in [0.4, 0.5) is 15.3 Å². The minimum absolute atomic E-state index is 0.194. The summed E-state index contributed by atoms with van der Waals surface area (Å²) in [4.78, 5) is 13.2. The zero-order valence-corrected chi connectivity index (χ0v) is 15.0. The highest BCUT2D eigenvalue weighted by Crippen LogP contribution is 2.47. The number of thiazole rings is 1. The summed E-state index contributed by atoms with van der Waals surface area (Å²) in [6.45, 7) is 4.27. The maximum atomic E-state index is 13.1. The van der Waals surface area contributed by atoms with Gasteiger partial charge in [0, 0.05) is 29.9 Å². The van der Waals surface area contributed by atoms with Crippen molar-refractivity contribution in [2.24, 2.45) is 5.41 Å². The van der Waals surface area contributed by atoms with Crippen molar-refractivity contribution in [1.82, 2.24) is 24.7 Å². The topological polar surface area (TPSA) is 68.5 Å². The molecule has 1 fully saturated rings. The van der Waals surface area contributed by atoms with Gasteiger partial charge in [0.2, 0.25) is 5.95 Å². The molecule has 0 radical (unpaired) electrons. The van der Waals surface area contributed by atoms with E-state index in [4.69, 9.17) is 0 Å². The molecule has 0 amide bonds. The van der Waals surface area contributed by atoms with E-state index in [2.05, 4.69) is 25.4 Å². The third kappa shape index (κ3) is 3.39. The predicted octanol–water partition coefficient (Wildman–Crippen LogP) is 3.91. The number of anilines is 2. The number of alkyl halides is 1. The second-order valence-electron chi connectivity index (χ2n) is 6.65. The Morgan fingerprint density at radius 2 is 2.08 bits per heavy atom. The molecule has 0 unspecified atom stereocenters. The highest BCUT2D eigenvalue weighted by molar-refractivity contribution is 7.15. The van der Waals surface area contributed by atoms with Gasteiger partial charge in [0.1, 0.15) is 5.00 Å². The van der Waals surface area contributed by atoms with Crippen LogP contribution in [0, 0.1) is 19.3 Å². The summed E-state index contributed by atoms with van der Waals surface area (Å²) in [5.74, 6) is 0.527. The molecule has 130 valence electrons. The average molecular weight is 358 g/mol. The third-order valence-electron chi connectivity index (χ3n) is 4.47. The van der Waals surface area contributed by atoms with Gasteiger partial charge in [-0.15, -0.1) is 11.3 Å². The molecule has 1 aliphatic rings.